The molecule has 0 fully saturated rings. The van der Waals surface area contributed by atoms with Crippen LogP contribution in [0.2, 0.25) is 0 Å². The number of para-hydroxylation sites is 1. The van der Waals surface area contributed by atoms with Crippen LogP contribution in [0.4, 0.5) is 0 Å². The molecule has 1 heterocycles. The Bertz CT molecular complexity index is 758. The topological polar surface area (TPSA) is 67.8 Å². The summed E-state index contributed by atoms with van der Waals surface area (Å²) in [5.74, 6) is -0.203. The third kappa shape index (κ3) is 3.20. The first-order valence-corrected chi connectivity index (χ1v) is 6.74. The number of carbonyl (C=O) groups excluding carboxylic acids is 1. The van der Waals surface area contributed by atoms with Gasteiger partial charge < -0.3 is 5.32 Å². The Hall–Kier alpha value is -2.82. The molecule has 0 aliphatic rings. The van der Waals surface area contributed by atoms with E-state index in [2.05, 4.69) is 20.5 Å². The Kier molecular flexibility index (Phi) is 3.82. The van der Waals surface area contributed by atoms with E-state index in [0.717, 1.165) is 6.42 Å². The maximum Gasteiger partial charge on any atom is 0.291 e. The molecule has 0 aliphatic carbocycles. The van der Waals surface area contributed by atoms with Gasteiger partial charge in [-0.2, -0.15) is 0 Å². The SMILES string of the molecule is O=C(NCCc1ccccc1)c1nnc2ccccc2n1. The van der Waals surface area contributed by atoms with Gasteiger partial charge in [0.2, 0.25) is 5.82 Å². The molecule has 21 heavy (non-hydrogen) atoms. The fourth-order valence-corrected chi connectivity index (χ4v) is 2.02. The molecule has 1 amide bonds. The number of aromatic nitrogens is 3. The number of hydrogen-bond acceptors (Lipinski definition) is 4. The zero-order valence-corrected chi connectivity index (χ0v) is 11.4. The molecule has 0 unspecified atom stereocenters. The summed E-state index contributed by atoms with van der Waals surface area (Å²) in [5.41, 5.74) is 2.52. The van der Waals surface area contributed by atoms with Gasteiger partial charge in [0.05, 0.1) is 5.52 Å². The van der Waals surface area contributed by atoms with Crippen LogP contribution in [0.3, 0.4) is 0 Å². The first-order chi connectivity index (χ1) is 10.3. The van der Waals surface area contributed by atoms with E-state index in [4.69, 9.17) is 0 Å². The highest BCUT2D eigenvalue weighted by atomic mass is 16.2. The molecule has 3 rings (SSSR count). The van der Waals surface area contributed by atoms with E-state index in [1.807, 2.05) is 54.6 Å². The van der Waals surface area contributed by atoms with E-state index >= 15 is 0 Å². The Morgan fingerprint density at radius 3 is 2.43 bits per heavy atom. The van der Waals surface area contributed by atoms with E-state index in [0.29, 0.717) is 17.6 Å². The van der Waals surface area contributed by atoms with Crippen LogP contribution in [0.25, 0.3) is 11.0 Å². The Labute approximate surface area is 122 Å². The van der Waals surface area contributed by atoms with Crippen LogP contribution in [0, 0.1) is 0 Å². The molecule has 5 nitrogen and oxygen atoms in total. The minimum atomic E-state index is -0.302. The number of nitrogens with one attached hydrogen (secondary N) is 1. The Balaban J connectivity index is 1.64. The van der Waals surface area contributed by atoms with Gasteiger partial charge in [0.1, 0.15) is 5.52 Å². The van der Waals surface area contributed by atoms with Gasteiger partial charge in [-0.1, -0.05) is 42.5 Å². The second kappa shape index (κ2) is 6.09. The van der Waals surface area contributed by atoms with Crippen LogP contribution in [-0.4, -0.2) is 27.6 Å². The third-order valence-electron chi connectivity index (χ3n) is 3.11. The standard InChI is InChI=1S/C16H14N4O/c21-16(17-11-10-12-6-2-1-3-7-12)15-18-13-8-4-5-9-14(13)19-20-15/h1-9H,10-11H2,(H,17,21). The van der Waals surface area contributed by atoms with E-state index in [9.17, 15) is 4.79 Å². The summed E-state index contributed by atoms with van der Waals surface area (Å²) >= 11 is 0. The molecule has 0 spiro atoms. The first-order valence-electron chi connectivity index (χ1n) is 6.74. The Morgan fingerprint density at radius 1 is 0.905 bits per heavy atom. The predicted molar refractivity (Wildman–Crippen MR) is 79.8 cm³/mol. The Morgan fingerprint density at radius 2 is 1.62 bits per heavy atom. The highest BCUT2D eigenvalue weighted by Gasteiger charge is 2.10. The summed E-state index contributed by atoms with van der Waals surface area (Å²) < 4.78 is 0. The van der Waals surface area contributed by atoms with Gasteiger partial charge in [0, 0.05) is 6.54 Å². The number of hydrogen-bond donors (Lipinski definition) is 1. The number of fused-ring (bicyclic) bond motifs is 1. The molecule has 0 atom stereocenters. The molecule has 1 aromatic heterocycles. The van der Waals surface area contributed by atoms with Crippen molar-refractivity contribution in [3.05, 3.63) is 66.0 Å². The zero-order valence-electron chi connectivity index (χ0n) is 11.4. The number of benzene rings is 2. The zero-order chi connectivity index (χ0) is 14.5. The fourth-order valence-electron chi connectivity index (χ4n) is 2.02. The lowest BCUT2D eigenvalue weighted by Crippen LogP contribution is -2.27. The lowest BCUT2D eigenvalue weighted by Gasteiger charge is -2.04. The van der Waals surface area contributed by atoms with Crippen molar-refractivity contribution in [3.8, 4) is 0 Å². The maximum absolute atomic E-state index is 12.0. The van der Waals surface area contributed by atoms with Crippen molar-refractivity contribution in [2.45, 2.75) is 6.42 Å². The smallest absolute Gasteiger partial charge is 0.291 e. The molecule has 5 heteroatoms. The van der Waals surface area contributed by atoms with E-state index < -0.39 is 0 Å². The fraction of sp³-hybridized carbons (Fsp3) is 0.125. The molecule has 0 saturated heterocycles. The van der Waals surface area contributed by atoms with Crippen LogP contribution in [0.5, 0.6) is 0 Å². The minimum absolute atomic E-state index is 0.0989. The van der Waals surface area contributed by atoms with Gasteiger partial charge in [0.15, 0.2) is 0 Å². The van der Waals surface area contributed by atoms with Gasteiger partial charge >= 0.3 is 0 Å². The molecular formula is C16H14N4O. The lowest BCUT2D eigenvalue weighted by atomic mass is 10.1. The molecule has 1 N–H and O–H groups in total. The van der Waals surface area contributed by atoms with Gasteiger partial charge in [-0.3, -0.25) is 4.79 Å². The summed E-state index contributed by atoms with van der Waals surface area (Å²) in [7, 11) is 0. The van der Waals surface area contributed by atoms with Crippen molar-refractivity contribution >= 4 is 16.9 Å². The van der Waals surface area contributed by atoms with Crippen LogP contribution >= 0.6 is 0 Å². The first kappa shape index (κ1) is 13.2. The summed E-state index contributed by atoms with van der Waals surface area (Å²) in [6.07, 6.45) is 0.771. The molecule has 2 aromatic carbocycles. The van der Waals surface area contributed by atoms with Crippen molar-refractivity contribution in [2.75, 3.05) is 6.54 Å². The summed E-state index contributed by atoms with van der Waals surface area (Å²) in [6.45, 7) is 0.541. The second-order valence-electron chi connectivity index (χ2n) is 4.62. The summed E-state index contributed by atoms with van der Waals surface area (Å²) in [5, 5.41) is 10.7. The highest BCUT2D eigenvalue weighted by molar-refractivity contribution is 5.91. The minimum Gasteiger partial charge on any atom is -0.349 e. The van der Waals surface area contributed by atoms with Crippen molar-refractivity contribution < 1.29 is 4.79 Å². The van der Waals surface area contributed by atoms with E-state index in [-0.39, 0.29) is 11.7 Å². The average Bonchev–Trinajstić information content (AvgIpc) is 2.55. The quantitative estimate of drug-likeness (QED) is 0.792. The number of carbonyl (C=O) groups is 1. The van der Waals surface area contributed by atoms with E-state index in [1.165, 1.54) is 5.56 Å². The molecular weight excluding hydrogens is 264 g/mol. The van der Waals surface area contributed by atoms with Crippen molar-refractivity contribution in [3.63, 3.8) is 0 Å². The van der Waals surface area contributed by atoms with Gasteiger partial charge in [-0.25, -0.2) is 4.98 Å². The largest absolute Gasteiger partial charge is 0.349 e. The second-order valence-corrected chi connectivity index (χ2v) is 4.62. The number of amides is 1. The molecule has 0 saturated carbocycles. The van der Waals surface area contributed by atoms with Crippen LogP contribution in [0.1, 0.15) is 16.2 Å². The van der Waals surface area contributed by atoms with Crippen molar-refractivity contribution in [2.24, 2.45) is 0 Å². The van der Waals surface area contributed by atoms with Gasteiger partial charge in [-0.05, 0) is 24.1 Å². The highest BCUT2D eigenvalue weighted by Crippen LogP contribution is 2.06. The summed E-state index contributed by atoms with van der Waals surface area (Å²) in [6, 6.07) is 17.3. The predicted octanol–water partition coefficient (Wildman–Crippen LogP) is 2.00. The lowest BCUT2D eigenvalue weighted by molar-refractivity contribution is 0.0943. The monoisotopic (exact) mass is 278 g/mol. The summed E-state index contributed by atoms with van der Waals surface area (Å²) in [4.78, 5) is 16.2. The van der Waals surface area contributed by atoms with Crippen LogP contribution in [0.15, 0.2) is 54.6 Å². The van der Waals surface area contributed by atoms with Crippen molar-refractivity contribution in [1.29, 1.82) is 0 Å². The molecule has 3 aromatic rings. The number of nitrogens with zero attached hydrogens (tertiary/aromatic N) is 3. The maximum atomic E-state index is 12.0. The number of rotatable bonds is 4. The molecule has 0 aliphatic heterocycles. The molecule has 0 bridgehead atoms. The average molecular weight is 278 g/mol. The van der Waals surface area contributed by atoms with Gasteiger partial charge in [0.25, 0.3) is 5.91 Å². The van der Waals surface area contributed by atoms with Crippen LogP contribution < -0.4 is 5.32 Å². The van der Waals surface area contributed by atoms with E-state index in [1.54, 1.807) is 0 Å². The van der Waals surface area contributed by atoms with Crippen LogP contribution in [-0.2, 0) is 6.42 Å². The van der Waals surface area contributed by atoms with Gasteiger partial charge in [-0.15, -0.1) is 10.2 Å². The third-order valence-corrected chi connectivity index (χ3v) is 3.11. The van der Waals surface area contributed by atoms with Crippen molar-refractivity contribution in [1.82, 2.24) is 20.5 Å². The molecule has 104 valence electrons. The normalized spacial score (nSPS) is 10.5. The molecule has 0 radical (unpaired) electrons.